The van der Waals surface area contributed by atoms with Crippen molar-refractivity contribution in [2.45, 2.75) is 0 Å². The minimum absolute atomic E-state index is 0.162. The van der Waals surface area contributed by atoms with E-state index in [1.807, 2.05) is 0 Å². The number of halogens is 2. The molecule has 136 valence electrons. The van der Waals surface area contributed by atoms with Crippen molar-refractivity contribution in [3.05, 3.63) is 93.0 Å². The van der Waals surface area contributed by atoms with Crippen molar-refractivity contribution in [1.29, 1.82) is 0 Å². The van der Waals surface area contributed by atoms with E-state index in [2.05, 4.69) is 0 Å². The van der Waals surface area contributed by atoms with Crippen molar-refractivity contribution < 1.29 is 14.3 Å². The van der Waals surface area contributed by atoms with Crippen LogP contribution in [-0.2, 0) is 0 Å². The molecule has 0 saturated carbocycles. The number of anilines is 1. The number of carbonyl (C=O) groups excluding carboxylic acids is 2. The predicted molar refractivity (Wildman–Crippen MR) is 107 cm³/mol. The molecule has 0 saturated heterocycles. The van der Waals surface area contributed by atoms with Crippen LogP contribution < -0.4 is 10.5 Å². The monoisotopic (exact) mass is 399 g/mol. The lowest BCUT2D eigenvalue weighted by Crippen LogP contribution is -2.10. The van der Waals surface area contributed by atoms with Gasteiger partial charge in [-0.15, -0.1) is 0 Å². The molecule has 0 unspecified atom stereocenters. The highest BCUT2D eigenvalue weighted by Gasteiger charge is 2.20. The molecular formula is C21H15Cl2NO3. The maximum Gasteiger partial charge on any atom is 0.195 e. The Morgan fingerprint density at radius 1 is 0.815 bits per heavy atom. The number of ketones is 2. The molecule has 0 aliphatic carbocycles. The van der Waals surface area contributed by atoms with E-state index in [0.717, 1.165) is 0 Å². The van der Waals surface area contributed by atoms with E-state index in [-0.39, 0.29) is 34.1 Å². The smallest absolute Gasteiger partial charge is 0.195 e. The number of carbonyl (C=O) groups is 2. The highest BCUT2D eigenvalue weighted by Crippen LogP contribution is 2.31. The molecule has 0 amide bonds. The van der Waals surface area contributed by atoms with Gasteiger partial charge in [-0.2, -0.15) is 0 Å². The number of ether oxygens (including phenoxy) is 1. The van der Waals surface area contributed by atoms with Gasteiger partial charge in [0, 0.05) is 32.3 Å². The molecule has 0 radical (unpaired) electrons. The zero-order valence-electron chi connectivity index (χ0n) is 14.3. The Balaban J connectivity index is 2.09. The van der Waals surface area contributed by atoms with Gasteiger partial charge in [0.1, 0.15) is 5.75 Å². The van der Waals surface area contributed by atoms with Gasteiger partial charge < -0.3 is 10.5 Å². The largest absolute Gasteiger partial charge is 0.495 e. The fourth-order valence-electron chi connectivity index (χ4n) is 2.67. The van der Waals surface area contributed by atoms with Gasteiger partial charge >= 0.3 is 0 Å². The minimum atomic E-state index is -0.348. The van der Waals surface area contributed by atoms with Gasteiger partial charge in [0.25, 0.3) is 0 Å². The van der Waals surface area contributed by atoms with E-state index in [1.54, 1.807) is 48.5 Å². The molecule has 0 fully saturated rings. The topological polar surface area (TPSA) is 69.4 Å². The first-order valence-electron chi connectivity index (χ1n) is 7.98. The number of nitrogens with two attached hydrogens (primary N) is 1. The number of benzene rings is 3. The highest BCUT2D eigenvalue weighted by atomic mass is 35.5. The third-order valence-electron chi connectivity index (χ3n) is 4.06. The number of methoxy groups -OCH3 is 1. The summed E-state index contributed by atoms with van der Waals surface area (Å²) in [6, 6.07) is 16.0. The molecule has 0 spiro atoms. The molecule has 3 rings (SSSR count). The Hall–Kier alpha value is -2.82. The van der Waals surface area contributed by atoms with Crippen LogP contribution in [-0.4, -0.2) is 18.7 Å². The molecule has 6 heteroatoms. The summed E-state index contributed by atoms with van der Waals surface area (Å²) in [5.74, 6) is -0.371. The standard InChI is InChI=1S/C21H15Cl2NO3/c1-27-18-11-14(20(25)12-5-7-15(22)8-6-12)10-17(19(18)24)21(26)13-3-2-4-16(23)9-13/h2-11H,24H2,1H3. The van der Waals surface area contributed by atoms with E-state index < -0.39 is 0 Å². The van der Waals surface area contributed by atoms with Gasteiger partial charge in [-0.1, -0.05) is 35.3 Å². The average Bonchev–Trinajstić information content (AvgIpc) is 2.67. The Bertz CT molecular complexity index is 1030. The SMILES string of the molecule is COc1cc(C(=O)c2ccc(Cl)cc2)cc(C(=O)c2cccc(Cl)c2)c1N. The quantitative estimate of drug-likeness (QED) is 0.481. The van der Waals surface area contributed by atoms with Gasteiger partial charge in [0.2, 0.25) is 0 Å². The Morgan fingerprint density at radius 2 is 1.52 bits per heavy atom. The van der Waals surface area contributed by atoms with Crippen LogP contribution in [0, 0.1) is 0 Å². The first-order chi connectivity index (χ1) is 12.9. The van der Waals surface area contributed by atoms with Crippen molar-refractivity contribution in [1.82, 2.24) is 0 Å². The highest BCUT2D eigenvalue weighted by molar-refractivity contribution is 6.31. The van der Waals surface area contributed by atoms with Crippen LogP contribution in [0.25, 0.3) is 0 Å². The lowest BCUT2D eigenvalue weighted by Gasteiger charge is -2.13. The van der Waals surface area contributed by atoms with E-state index in [1.165, 1.54) is 19.2 Å². The fourth-order valence-corrected chi connectivity index (χ4v) is 2.98. The molecule has 2 N–H and O–H groups in total. The van der Waals surface area contributed by atoms with Crippen LogP contribution >= 0.6 is 23.2 Å². The molecule has 0 aromatic heterocycles. The summed E-state index contributed by atoms with van der Waals surface area (Å²) in [5, 5.41) is 0.957. The first kappa shape index (κ1) is 19.0. The maximum absolute atomic E-state index is 12.9. The van der Waals surface area contributed by atoms with Gasteiger partial charge in [-0.3, -0.25) is 9.59 Å². The van der Waals surface area contributed by atoms with E-state index in [0.29, 0.717) is 21.2 Å². The van der Waals surface area contributed by atoms with E-state index in [9.17, 15) is 9.59 Å². The second-order valence-corrected chi connectivity index (χ2v) is 6.69. The van der Waals surface area contributed by atoms with Crippen LogP contribution in [0.15, 0.2) is 60.7 Å². The molecule has 0 aliphatic heterocycles. The van der Waals surface area contributed by atoms with E-state index >= 15 is 0 Å². The maximum atomic E-state index is 12.9. The molecule has 4 nitrogen and oxygen atoms in total. The third kappa shape index (κ3) is 3.97. The molecule has 3 aromatic carbocycles. The lowest BCUT2D eigenvalue weighted by molar-refractivity contribution is 0.103. The van der Waals surface area contributed by atoms with Crippen molar-refractivity contribution in [2.75, 3.05) is 12.8 Å². The summed E-state index contributed by atoms with van der Waals surface area (Å²) < 4.78 is 5.26. The Kier molecular flexibility index (Phi) is 5.49. The minimum Gasteiger partial charge on any atom is -0.495 e. The van der Waals surface area contributed by atoms with Crippen LogP contribution in [0.1, 0.15) is 31.8 Å². The number of rotatable bonds is 5. The molecule has 0 bridgehead atoms. The van der Waals surface area contributed by atoms with Crippen molar-refractivity contribution >= 4 is 40.5 Å². The van der Waals surface area contributed by atoms with Gasteiger partial charge in [-0.25, -0.2) is 0 Å². The average molecular weight is 400 g/mol. The van der Waals surface area contributed by atoms with Crippen LogP contribution in [0.4, 0.5) is 5.69 Å². The summed E-state index contributed by atoms with van der Waals surface area (Å²) >= 11 is 11.9. The zero-order chi connectivity index (χ0) is 19.6. The van der Waals surface area contributed by atoms with Crippen molar-refractivity contribution in [3.63, 3.8) is 0 Å². The normalized spacial score (nSPS) is 10.5. The van der Waals surface area contributed by atoms with Gasteiger partial charge in [-0.05, 0) is 48.5 Å². The Labute approximate surface area is 166 Å². The van der Waals surface area contributed by atoms with Crippen LogP contribution in [0.2, 0.25) is 10.0 Å². The second kappa shape index (κ2) is 7.82. The summed E-state index contributed by atoms with van der Waals surface area (Å²) in [6.45, 7) is 0. The van der Waals surface area contributed by atoms with Gasteiger partial charge in [0.15, 0.2) is 11.6 Å². The Morgan fingerprint density at radius 3 is 2.15 bits per heavy atom. The summed E-state index contributed by atoms with van der Waals surface area (Å²) in [7, 11) is 1.43. The second-order valence-electron chi connectivity index (χ2n) is 5.82. The van der Waals surface area contributed by atoms with Gasteiger partial charge in [0.05, 0.1) is 12.8 Å². The summed E-state index contributed by atoms with van der Waals surface area (Å²) in [6.07, 6.45) is 0. The van der Waals surface area contributed by atoms with E-state index in [4.69, 9.17) is 33.7 Å². The summed E-state index contributed by atoms with van der Waals surface area (Å²) in [4.78, 5) is 25.8. The molecule has 3 aromatic rings. The predicted octanol–water partition coefficient (Wildman–Crippen LogP) is 5.05. The van der Waals surface area contributed by atoms with Crippen LogP contribution in [0.3, 0.4) is 0 Å². The van der Waals surface area contributed by atoms with Crippen molar-refractivity contribution in [3.8, 4) is 5.75 Å². The summed E-state index contributed by atoms with van der Waals surface area (Å²) in [5.41, 5.74) is 7.52. The number of hydrogen-bond acceptors (Lipinski definition) is 4. The lowest BCUT2D eigenvalue weighted by atomic mass is 9.95. The van der Waals surface area contributed by atoms with Crippen LogP contribution in [0.5, 0.6) is 5.75 Å². The van der Waals surface area contributed by atoms with Crippen molar-refractivity contribution in [2.24, 2.45) is 0 Å². The number of hydrogen-bond donors (Lipinski definition) is 1. The molecule has 0 heterocycles. The fraction of sp³-hybridized carbons (Fsp3) is 0.0476. The molecule has 0 atom stereocenters. The molecular weight excluding hydrogens is 385 g/mol. The number of nitrogen functional groups attached to an aromatic ring is 1. The third-order valence-corrected chi connectivity index (χ3v) is 4.55. The zero-order valence-corrected chi connectivity index (χ0v) is 15.8. The molecule has 0 aliphatic rings. The first-order valence-corrected chi connectivity index (χ1v) is 8.74. The molecule has 27 heavy (non-hydrogen) atoms.